The van der Waals surface area contributed by atoms with E-state index in [1.54, 1.807) is 12.3 Å². The van der Waals surface area contributed by atoms with Crippen molar-refractivity contribution < 1.29 is 9.21 Å². The highest BCUT2D eigenvalue weighted by Gasteiger charge is 2.15. The molecule has 1 atom stereocenters. The summed E-state index contributed by atoms with van der Waals surface area (Å²) in [6.07, 6.45) is 3.72. The number of nitrogens with one attached hydrogen (secondary N) is 2. The van der Waals surface area contributed by atoms with Gasteiger partial charge in [-0.3, -0.25) is 4.79 Å². The Kier molecular flexibility index (Phi) is 5.22. The van der Waals surface area contributed by atoms with E-state index in [0.29, 0.717) is 22.8 Å². The molecule has 0 saturated heterocycles. The van der Waals surface area contributed by atoms with Crippen molar-refractivity contribution in [1.82, 2.24) is 10.3 Å². The molecule has 0 aliphatic carbocycles. The zero-order valence-corrected chi connectivity index (χ0v) is 12.8. The molecule has 2 rings (SSSR count). The normalized spacial score (nSPS) is 12.0. The fourth-order valence-corrected chi connectivity index (χ4v) is 2.16. The van der Waals surface area contributed by atoms with Gasteiger partial charge in [-0.2, -0.15) is 0 Å². The molecule has 2 aromatic heterocycles. The summed E-state index contributed by atoms with van der Waals surface area (Å²) < 4.78 is 5.27. The molecule has 6 heteroatoms. The molecule has 2 aromatic rings. The van der Waals surface area contributed by atoms with Gasteiger partial charge >= 0.3 is 0 Å². The molecule has 0 saturated carbocycles. The van der Waals surface area contributed by atoms with Crippen LogP contribution >= 0.6 is 11.6 Å². The van der Waals surface area contributed by atoms with Crippen molar-refractivity contribution in [2.45, 2.75) is 26.3 Å². The number of aromatic nitrogens is 1. The lowest BCUT2D eigenvalue weighted by atomic mass is 10.1. The highest BCUT2D eigenvalue weighted by Crippen LogP contribution is 2.18. The molecule has 0 bridgehead atoms. The third-order valence-electron chi connectivity index (χ3n) is 2.92. The molecule has 2 heterocycles. The Morgan fingerprint density at radius 1 is 1.52 bits per heavy atom. The van der Waals surface area contributed by atoms with E-state index in [4.69, 9.17) is 16.0 Å². The molecule has 0 aliphatic rings. The summed E-state index contributed by atoms with van der Waals surface area (Å²) in [7, 11) is 0. The number of anilines is 1. The van der Waals surface area contributed by atoms with Crippen LogP contribution in [0, 0.1) is 0 Å². The van der Waals surface area contributed by atoms with Crippen LogP contribution in [0.15, 0.2) is 35.1 Å². The van der Waals surface area contributed by atoms with Gasteiger partial charge in [0.2, 0.25) is 0 Å². The standard InChI is InChI=1S/C15H18ClN3O2/c1-3-17-14-8-12(13(16)9-18-14)15(20)19-10(2)7-11-5-4-6-21-11/h4-6,8-10H,3,7H2,1-2H3,(H,17,18)(H,19,20). The lowest BCUT2D eigenvalue weighted by Gasteiger charge is -2.14. The van der Waals surface area contributed by atoms with Crippen molar-refractivity contribution in [3.8, 4) is 0 Å². The number of hydrogen-bond donors (Lipinski definition) is 2. The maximum atomic E-state index is 12.3. The van der Waals surface area contributed by atoms with Crippen LogP contribution in [-0.4, -0.2) is 23.5 Å². The average molecular weight is 308 g/mol. The maximum absolute atomic E-state index is 12.3. The van der Waals surface area contributed by atoms with Crippen LogP contribution in [0.5, 0.6) is 0 Å². The van der Waals surface area contributed by atoms with Gasteiger partial charge in [0.15, 0.2) is 0 Å². The Labute approximate surface area is 128 Å². The first-order valence-electron chi connectivity index (χ1n) is 6.82. The second-order valence-electron chi connectivity index (χ2n) is 4.74. The fourth-order valence-electron chi connectivity index (χ4n) is 1.97. The Balaban J connectivity index is 2.03. The van der Waals surface area contributed by atoms with Crippen LogP contribution in [0.1, 0.15) is 30.0 Å². The van der Waals surface area contributed by atoms with Gasteiger partial charge in [0.25, 0.3) is 5.91 Å². The van der Waals surface area contributed by atoms with Crippen LogP contribution in [0.4, 0.5) is 5.82 Å². The molecular formula is C15H18ClN3O2. The predicted octanol–water partition coefficient (Wildman–Crippen LogP) is 3.12. The quantitative estimate of drug-likeness (QED) is 0.860. The smallest absolute Gasteiger partial charge is 0.253 e. The molecule has 21 heavy (non-hydrogen) atoms. The van der Waals surface area contributed by atoms with E-state index in [0.717, 1.165) is 12.3 Å². The largest absolute Gasteiger partial charge is 0.469 e. The summed E-state index contributed by atoms with van der Waals surface area (Å²) in [5.74, 6) is 1.24. The fraction of sp³-hybridized carbons (Fsp3) is 0.333. The Bertz CT molecular complexity index is 599. The zero-order chi connectivity index (χ0) is 15.2. The summed E-state index contributed by atoms with van der Waals surface area (Å²) in [5, 5.41) is 6.29. The molecule has 0 radical (unpaired) electrons. The molecule has 1 amide bonds. The molecule has 2 N–H and O–H groups in total. The molecule has 0 aromatic carbocycles. The van der Waals surface area contributed by atoms with Crippen molar-refractivity contribution in [3.63, 3.8) is 0 Å². The third kappa shape index (κ3) is 4.23. The summed E-state index contributed by atoms with van der Waals surface area (Å²) in [6, 6.07) is 5.30. The van der Waals surface area contributed by atoms with Gasteiger partial charge in [-0.15, -0.1) is 0 Å². The van der Waals surface area contributed by atoms with Crippen LogP contribution < -0.4 is 10.6 Å². The Morgan fingerprint density at radius 2 is 2.33 bits per heavy atom. The molecule has 1 unspecified atom stereocenters. The number of furan rings is 1. The van der Waals surface area contributed by atoms with Crippen LogP contribution in [0.25, 0.3) is 0 Å². The predicted molar refractivity (Wildman–Crippen MR) is 82.8 cm³/mol. The summed E-state index contributed by atoms with van der Waals surface area (Å²) in [6.45, 7) is 4.60. The van der Waals surface area contributed by atoms with Gasteiger partial charge in [0.05, 0.1) is 16.8 Å². The Hall–Kier alpha value is -2.01. The molecule has 5 nitrogen and oxygen atoms in total. The van der Waals surface area contributed by atoms with Crippen molar-refractivity contribution >= 4 is 23.3 Å². The third-order valence-corrected chi connectivity index (χ3v) is 3.22. The number of pyridine rings is 1. The Morgan fingerprint density at radius 3 is 3.00 bits per heavy atom. The van der Waals surface area contributed by atoms with Crippen LogP contribution in [0.2, 0.25) is 5.02 Å². The monoisotopic (exact) mass is 307 g/mol. The van der Waals surface area contributed by atoms with E-state index in [1.165, 1.54) is 6.20 Å². The average Bonchev–Trinajstić information content (AvgIpc) is 2.93. The zero-order valence-electron chi connectivity index (χ0n) is 12.0. The minimum Gasteiger partial charge on any atom is -0.469 e. The van der Waals surface area contributed by atoms with Crippen molar-refractivity contribution in [2.75, 3.05) is 11.9 Å². The van der Waals surface area contributed by atoms with Crippen molar-refractivity contribution in [3.05, 3.63) is 47.0 Å². The molecule has 0 spiro atoms. The minimum atomic E-state index is -0.222. The topological polar surface area (TPSA) is 67.2 Å². The minimum absolute atomic E-state index is 0.0598. The second-order valence-corrected chi connectivity index (χ2v) is 5.14. The number of carbonyl (C=O) groups excluding carboxylic acids is 1. The van der Waals surface area contributed by atoms with E-state index in [1.807, 2.05) is 26.0 Å². The first-order chi connectivity index (χ1) is 10.1. The first kappa shape index (κ1) is 15.4. The second kappa shape index (κ2) is 7.13. The molecule has 0 fully saturated rings. The van der Waals surface area contributed by atoms with Crippen LogP contribution in [-0.2, 0) is 6.42 Å². The van der Waals surface area contributed by atoms with Gasteiger partial charge < -0.3 is 15.1 Å². The van der Waals surface area contributed by atoms with E-state index in [2.05, 4.69) is 15.6 Å². The molecular weight excluding hydrogens is 290 g/mol. The van der Waals surface area contributed by atoms with E-state index in [9.17, 15) is 4.79 Å². The van der Waals surface area contributed by atoms with Gasteiger partial charge in [0, 0.05) is 25.2 Å². The van der Waals surface area contributed by atoms with E-state index >= 15 is 0 Å². The maximum Gasteiger partial charge on any atom is 0.253 e. The van der Waals surface area contributed by atoms with E-state index in [-0.39, 0.29) is 11.9 Å². The van der Waals surface area contributed by atoms with Gasteiger partial charge in [-0.05, 0) is 32.0 Å². The molecule has 112 valence electrons. The summed E-state index contributed by atoms with van der Waals surface area (Å²) >= 11 is 6.05. The summed E-state index contributed by atoms with van der Waals surface area (Å²) in [5.41, 5.74) is 0.411. The first-order valence-corrected chi connectivity index (χ1v) is 7.20. The number of rotatable bonds is 6. The summed E-state index contributed by atoms with van der Waals surface area (Å²) in [4.78, 5) is 16.4. The van der Waals surface area contributed by atoms with Gasteiger partial charge in [-0.1, -0.05) is 11.6 Å². The SMILES string of the molecule is CCNc1cc(C(=O)NC(C)Cc2ccco2)c(Cl)cn1. The van der Waals surface area contributed by atoms with Gasteiger partial charge in [-0.25, -0.2) is 4.98 Å². The number of nitrogens with zero attached hydrogens (tertiary/aromatic N) is 1. The highest BCUT2D eigenvalue weighted by atomic mass is 35.5. The molecule has 0 aliphatic heterocycles. The number of amides is 1. The lowest BCUT2D eigenvalue weighted by Crippen LogP contribution is -2.34. The van der Waals surface area contributed by atoms with Crippen LogP contribution in [0.3, 0.4) is 0 Å². The number of hydrogen-bond acceptors (Lipinski definition) is 4. The van der Waals surface area contributed by atoms with Crippen molar-refractivity contribution in [1.29, 1.82) is 0 Å². The number of carbonyl (C=O) groups is 1. The van der Waals surface area contributed by atoms with Gasteiger partial charge in [0.1, 0.15) is 11.6 Å². The van der Waals surface area contributed by atoms with Crippen molar-refractivity contribution in [2.24, 2.45) is 0 Å². The van der Waals surface area contributed by atoms with E-state index < -0.39 is 0 Å². The lowest BCUT2D eigenvalue weighted by molar-refractivity contribution is 0.0939. The number of halogens is 1. The highest BCUT2D eigenvalue weighted by molar-refractivity contribution is 6.33.